The van der Waals surface area contributed by atoms with Crippen molar-refractivity contribution in [3.05, 3.63) is 29.8 Å². The second kappa shape index (κ2) is 6.21. The van der Waals surface area contributed by atoms with Crippen LogP contribution in [0.5, 0.6) is 5.75 Å². The molecule has 2 rings (SSSR count). The summed E-state index contributed by atoms with van der Waals surface area (Å²) in [5.41, 5.74) is 2.08. The highest BCUT2D eigenvalue weighted by molar-refractivity contribution is 7.90. The molecule has 1 aromatic rings. The van der Waals surface area contributed by atoms with E-state index in [2.05, 4.69) is 5.43 Å². The Morgan fingerprint density at radius 1 is 1.35 bits per heavy atom. The summed E-state index contributed by atoms with van der Waals surface area (Å²) in [7, 11) is -3.69. The van der Waals surface area contributed by atoms with Gasteiger partial charge in [0.05, 0.1) is 12.2 Å². The van der Waals surface area contributed by atoms with Crippen molar-refractivity contribution in [2.24, 2.45) is 0 Å². The standard InChI is InChI=1S/C12H16N2O5S/c15-11-6-2-1-5-10(11)12(16)13-14-20(17,18)9-4-3-7-19-8-9/h1-2,5-6,9,14-15H,3-4,7-8H2,(H,13,16)/t9-/m0/s1. The molecule has 1 atom stereocenters. The van der Waals surface area contributed by atoms with Gasteiger partial charge in [0.25, 0.3) is 5.91 Å². The van der Waals surface area contributed by atoms with E-state index < -0.39 is 21.2 Å². The monoisotopic (exact) mass is 300 g/mol. The molecule has 0 saturated carbocycles. The van der Waals surface area contributed by atoms with Crippen molar-refractivity contribution in [2.45, 2.75) is 18.1 Å². The molecule has 1 amide bonds. The largest absolute Gasteiger partial charge is 0.507 e. The lowest BCUT2D eigenvalue weighted by Crippen LogP contribution is -2.48. The first-order chi connectivity index (χ1) is 9.50. The van der Waals surface area contributed by atoms with Gasteiger partial charge in [0.2, 0.25) is 10.0 Å². The molecule has 0 spiro atoms. The smallest absolute Gasteiger partial charge is 0.269 e. The van der Waals surface area contributed by atoms with Crippen molar-refractivity contribution in [1.29, 1.82) is 0 Å². The number of hydrogen-bond donors (Lipinski definition) is 3. The molecule has 1 heterocycles. The predicted octanol–water partition coefficient (Wildman–Crippen LogP) is 0.135. The number of phenolic OH excluding ortho intramolecular Hbond substituents is 1. The van der Waals surface area contributed by atoms with Crippen LogP contribution in [0.3, 0.4) is 0 Å². The Bertz CT molecular complexity index is 581. The molecular weight excluding hydrogens is 284 g/mol. The van der Waals surface area contributed by atoms with Crippen LogP contribution < -0.4 is 10.3 Å². The van der Waals surface area contributed by atoms with Crippen LogP contribution in [0.15, 0.2) is 24.3 Å². The minimum atomic E-state index is -3.69. The van der Waals surface area contributed by atoms with Crippen LogP contribution in [0.2, 0.25) is 0 Å². The van der Waals surface area contributed by atoms with E-state index >= 15 is 0 Å². The zero-order chi connectivity index (χ0) is 14.6. The molecule has 20 heavy (non-hydrogen) atoms. The molecule has 1 aliphatic heterocycles. The molecule has 7 nitrogen and oxygen atoms in total. The van der Waals surface area contributed by atoms with E-state index in [4.69, 9.17) is 4.74 Å². The van der Waals surface area contributed by atoms with Crippen molar-refractivity contribution in [3.8, 4) is 5.75 Å². The van der Waals surface area contributed by atoms with Crippen LogP contribution in [0.1, 0.15) is 23.2 Å². The number of rotatable bonds is 4. The number of sulfonamides is 1. The molecule has 1 aromatic carbocycles. The third-order valence-electron chi connectivity index (χ3n) is 3.01. The summed E-state index contributed by atoms with van der Waals surface area (Å²) in [6, 6.07) is 5.87. The number of hydrazine groups is 1. The van der Waals surface area contributed by atoms with Gasteiger partial charge < -0.3 is 9.84 Å². The third-order valence-corrected chi connectivity index (χ3v) is 4.65. The maximum atomic E-state index is 11.9. The second-order valence-electron chi connectivity index (χ2n) is 4.46. The lowest BCUT2D eigenvalue weighted by Gasteiger charge is -2.22. The summed E-state index contributed by atoms with van der Waals surface area (Å²) in [4.78, 5) is 13.8. The fourth-order valence-electron chi connectivity index (χ4n) is 1.89. The molecular formula is C12H16N2O5S. The van der Waals surface area contributed by atoms with Gasteiger partial charge in [0, 0.05) is 6.61 Å². The number of hydrogen-bond acceptors (Lipinski definition) is 5. The first kappa shape index (κ1) is 14.8. The van der Waals surface area contributed by atoms with Gasteiger partial charge in [-0.25, -0.2) is 8.42 Å². The number of amides is 1. The van der Waals surface area contributed by atoms with Crippen molar-refractivity contribution in [3.63, 3.8) is 0 Å². The van der Waals surface area contributed by atoms with Crippen LogP contribution in [-0.2, 0) is 14.8 Å². The van der Waals surface area contributed by atoms with Gasteiger partial charge in [0.1, 0.15) is 11.0 Å². The lowest BCUT2D eigenvalue weighted by molar-refractivity contribution is 0.0930. The molecule has 0 aliphatic carbocycles. The third kappa shape index (κ3) is 3.47. The Morgan fingerprint density at radius 2 is 2.10 bits per heavy atom. The Balaban J connectivity index is 1.97. The predicted molar refractivity (Wildman–Crippen MR) is 71.5 cm³/mol. The molecule has 0 unspecified atom stereocenters. The fraction of sp³-hybridized carbons (Fsp3) is 0.417. The van der Waals surface area contributed by atoms with Crippen molar-refractivity contribution < 1.29 is 23.1 Å². The summed E-state index contributed by atoms with van der Waals surface area (Å²) in [6.45, 7) is 0.665. The Morgan fingerprint density at radius 3 is 2.75 bits per heavy atom. The second-order valence-corrected chi connectivity index (χ2v) is 6.42. The number of nitrogens with one attached hydrogen (secondary N) is 2. The zero-order valence-electron chi connectivity index (χ0n) is 10.7. The van der Waals surface area contributed by atoms with Gasteiger partial charge in [-0.3, -0.25) is 10.2 Å². The average molecular weight is 300 g/mol. The van der Waals surface area contributed by atoms with Crippen molar-refractivity contribution >= 4 is 15.9 Å². The van der Waals surface area contributed by atoms with Crippen LogP contribution in [0, 0.1) is 0 Å². The maximum absolute atomic E-state index is 11.9. The Kier molecular flexibility index (Phi) is 4.58. The molecule has 0 aromatic heterocycles. The SMILES string of the molecule is O=C(NNS(=O)(=O)[C@H]1CCCOC1)c1ccccc1O. The van der Waals surface area contributed by atoms with Gasteiger partial charge in [-0.05, 0) is 25.0 Å². The van der Waals surface area contributed by atoms with Crippen LogP contribution in [-0.4, -0.2) is 37.9 Å². The van der Waals surface area contributed by atoms with Gasteiger partial charge in [0.15, 0.2) is 0 Å². The molecule has 0 bridgehead atoms. The number of para-hydroxylation sites is 1. The highest BCUT2D eigenvalue weighted by Gasteiger charge is 2.28. The molecule has 1 fully saturated rings. The van der Waals surface area contributed by atoms with Gasteiger partial charge in [-0.1, -0.05) is 12.1 Å². The van der Waals surface area contributed by atoms with Gasteiger partial charge >= 0.3 is 0 Å². The normalized spacial score (nSPS) is 19.5. The number of phenols is 1. The van der Waals surface area contributed by atoms with E-state index in [-0.39, 0.29) is 17.9 Å². The summed E-state index contributed by atoms with van der Waals surface area (Å²) in [6.07, 6.45) is 1.15. The van der Waals surface area contributed by atoms with E-state index in [1.807, 2.05) is 4.83 Å². The highest BCUT2D eigenvalue weighted by atomic mass is 32.2. The molecule has 1 saturated heterocycles. The van der Waals surface area contributed by atoms with Crippen LogP contribution >= 0.6 is 0 Å². The molecule has 3 N–H and O–H groups in total. The fourth-order valence-corrected chi connectivity index (χ4v) is 3.04. The van der Waals surface area contributed by atoms with E-state index in [0.717, 1.165) is 0 Å². The molecule has 110 valence electrons. The summed E-state index contributed by atoms with van der Waals surface area (Å²) < 4.78 is 29.0. The summed E-state index contributed by atoms with van der Waals surface area (Å²) in [5, 5.41) is 8.82. The van der Waals surface area contributed by atoms with E-state index in [1.54, 1.807) is 12.1 Å². The highest BCUT2D eigenvalue weighted by Crippen LogP contribution is 2.15. The van der Waals surface area contributed by atoms with E-state index in [1.165, 1.54) is 12.1 Å². The average Bonchev–Trinajstić information content (AvgIpc) is 2.46. The number of benzene rings is 1. The quantitative estimate of drug-likeness (QED) is 0.686. The molecule has 0 radical (unpaired) electrons. The number of carbonyl (C=O) groups is 1. The lowest BCUT2D eigenvalue weighted by atomic mass is 10.2. The minimum Gasteiger partial charge on any atom is -0.507 e. The number of aromatic hydroxyl groups is 1. The minimum absolute atomic E-state index is 0.00454. The number of ether oxygens (including phenoxy) is 1. The Labute approximate surface area is 117 Å². The molecule has 8 heteroatoms. The van der Waals surface area contributed by atoms with Crippen molar-refractivity contribution in [1.82, 2.24) is 10.3 Å². The summed E-state index contributed by atoms with van der Waals surface area (Å²) >= 11 is 0. The molecule has 1 aliphatic rings. The van der Waals surface area contributed by atoms with Crippen molar-refractivity contribution in [2.75, 3.05) is 13.2 Å². The maximum Gasteiger partial charge on any atom is 0.269 e. The Hall–Kier alpha value is -1.64. The number of carbonyl (C=O) groups excluding carboxylic acids is 1. The zero-order valence-corrected chi connectivity index (χ0v) is 11.5. The van der Waals surface area contributed by atoms with Gasteiger partial charge in [-0.15, -0.1) is 4.83 Å². The topological polar surface area (TPSA) is 105 Å². The first-order valence-electron chi connectivity index (χ1n) is 6.17. The summed E-state index contributed by atoms with van der Waals surface area (Å²) in [5.74, 6) is -0.936. The first-order valence-corrected chi connectivity index (χ1v) is 7.72. The van der Waals surface area contributed by atoms with Crippen LogP contribution in [0.25, 0.3) is 0 Å². The van der Waals surface area contributed by atoms with Crippen LogP contribution in [0.4, 0.5) is 0 Å². The van der Waals surface area contributed by atoms with E-state index in [9.17, 15) is 18.3 Å². The van der Waals surface area contributed by atoms with E-state index in [0.29, 0.717) is 19.4 Å². The van der Waals surface area contributed by atoms with Gasteiger partial charge in [-0.2, -0.15) is 0 Å².